The van der Waals surface area contributed by atoms with Crippen LogP contribution in [0.5, 0.6) is 5.75 Å². The van der Waals surface area contributed by atoms with Crippen LogP contribution in [0.1, 0.15) is 47.2 Å². The number of Topliss-reactive ketones (excluding diaryl/α,β-unsaturated/α-hetero) is 1. The minimum atomic E-state index is -0.467. The quantitative estimate of drug-likeness (QED) is 0.544. The number of rotatable bonds is 8. The molecule has 0 heterocycles. The van der Waals surface area contributed by atoms with Crippen molar-refractivity contribution >= 4 is 23.3 Å². The summed E-state index contributed by atoms with van der Waals surface area (Å²) in [6.45, 7) is -0.174. The predicted molar refractivity (Wildman–Crippen MR) is 109 cm³/mol. The molecule has 2 aromatic rings. The van der Waals surface area contributed by atoms with Gasteiger partial charge in [-0.3, -0.25) is 9.59 Å². The molecule has 29 heavy (non-hydrogen) atoms. The van der Waals surface area contributed by atoms with E-state index in [0.717, 1.165) is 12.8 Å². The number of aryl methyl sites for hydroxylation is 2. The number of carbonyl (C=O) groups excluding carboxylic acids is 3. The maximum absolute atomic E-state index is 12.4. The summed E-state index contributed by atoms with van der Waals surface area (Å²) < 4.78 is 9.76. The number of hydrogen-bond acceptors (Lipinski definition) is 5. The molecule has 1 amide bonds. The fourth-order valence-electron chi connectivity index (χ4n) is 3.34. The third-order valence-corrected chi connectivity index (χ3v) is 4.97. The summed E-state index contributed by atoms with van der Waals surface area (Å²) in [6.07, 6.45) is 4.77. The topological polar surface area (TPSA) is 81.7 Å². The van der Waals surface area contributed by atoms with Crippen molar-refractivity contribution in [2.45, 2.75) is 38.5 Å². The van der Waals surface area contributed by atoms with Gasteiger partial charge in [-0.1, -0.05) is 12.1 Å². The summed E-state index contributed by atoms with van der Waals surface area (Å²) >= 11 is 0. The molecule has 6 nitrogen and oxygen atoms in total. The molecule has 0 atom stereocenters. The number of fused-ring (bicyclic) bond motifs is 1. The number of esters is 1. The molecule has 1 aliphatic carbocycles. The van der Waals surface area contributed by atoms with Crippen LogP contribution in [0.2, 0.25) is 0 Å². The van der Waals surface area contributed by atoms with Gasteiger partial charge >= 0.3 is 5.97 Å². The summed E-state index contributed by atoms with van der Waals surface area (Å²) in [5.41, 5.74) is 3.89. The van der Waals surface area contributed by atoms with E-state index >= 15 is 0 Å². The number of benzene rings is 2. The van der Waals surface area contributed by atoms with Crippen LogP contribution >= 0.6 is 0 Å². The fraction of sp³-hybridized carbons (Fsp3) is 0.348. The summed E-state index contributed by atoms with van der Waals surface area (Å²) in [5, 5.41) is 2.76. The molecule has 0 fully saturated rings. The second kappa shape index (κ2) is 9.87. The second-order valence-corrected chi connectivity index (χ2v) is 7.05. The lowest BCUT2D eigenvalue weighted by Gasteiger charge is -2.16. The average Bonchev–Trinajstić information content (AvgIpc) is 2.76. The molecule has 3 rings (SSSR count). The van der Waals surface area contributed by atoms with E-state index in [1.807, 2.05) is 18.2 Å². The Kier molecular flexibility index (Phi) is 7.00. The monoisotopic (exact) mass is 395 g/mol. The van der Waals surface area contributed by atoms with Crippen molar-refractivity contribution in [2.24, 2.45) is 0 Å². The molecule has 2 aromatic carbocycles. The fourth-order valence-corrected chi connectivity index (χ4v) is 3.34. The molecule has 0 saturated heterocycles. The van der Waals surface area contributed by atoms with Gasteiger partial charge in [-0.15, -0.1) is 0 Å². The average molecular weight is 395 g/mol. The number of hydrogen-bond donors (Lipinski definition) is 1. The highest BCUT2D eigenvalue weighted by atomic mass is 16.6. The van der Waals surface area contributed by atoms with Gasteiger partial charge in [-0.05, 0) is 67.1 Å². The van der Waals surface area contributed by atoms with Gasteiger partial charge < -0.3 is 14.8 Å². The van der Waals surface area contributed by atoms with Gasteiger partial charge in [-0.2, -0.15) is 0 Å². The lowest BCUT2D eigenvalue weighted by Crippen LogP contribution is -2.14. The van der Waals surface area contributed by atoms with Crippen molar-refractivity contribution in [1.29, 1.82) is 0 Å². The third-order valence-electron chi connectivity index (χ3n) is 4.97. The van der Waals surface area contributed by atoms with E-state index in [-0.39, 0.29) is 31.1 Å². The molecular formula is C23H25NO5. The number of ketones is 1. The zero-order valence-corrected chi connectivity index (χ0v) is 16.5. The van der Waals surface area contributed by atoms with Crippen LogP contribution in [0.25, 0.3) is 0 Å². The molecule has 0 saturated carbocycles. The van der Waals surface area contributed by atoms with Gasteiger partial charge in [0.15, 0.2) is 12.4 Å². The Balaban J connectivity index is 1.47. The van der Waals surface area contributed by atoms with Gasteiger partial charge in [0.05, 0.1) is 7.11 Å². The summed E-state index contributed by atoms with van der Waals surface area (Å²) in [4.78, 5) is 35.7. The zero-order valence-electron chi connectivity index (χ0n) is 16.5. The van der Waals surface area contributed by atoms with Gasteiger partial charge in [0.2, 0.25) is 5.91 Å². The van der Waals surface area contributed by atoms with Crippen LogP contribution in [0.3, 0.4) is 0 Å². The Hall–Kier alpha value is -3.15. The van der Waals surface area contributed by atoms with Crippen molar-refractivity contribution in [3.63, 3.8) is 0 Å². The Morgan fingerprint density at radius 2 is 1.66 bits per heavy atom. The largest absolute Gasteiger partial charge is 0.482 e. The van der Waals surface area contributed by atoms with Gasteiger partial charge in [0, 0.05) is 24.1 Å². The maximum atomic E-state index is 12.4. The number of anilines is 1. The van der Waals surface area contributed by atoms with E-state index in [1.165, 1.54) is 31.1 Å². The van der Waals surface area contributed by atoms with E-state index in [0.29, 0.717) is 17.0 Å². The van der Waals surface area contributed by atoms with E-state index in [2.05, 4.69) is 10.1 Å². The van der Waals surface area contributed by atoms with Crippen LogP contribution in [0.4, 0.5) is 5.69 Å². The lowest BCUT2D eigenvalue weighted by atomic mass is 9.89. The molecule has 0 spiro atoms. The zero-order chi connectivity index (χ0) is 20.6. The Labute approximate surface area is 170 Å². The molecule has 0 bridgehead atoms. The van der Waals surface area contributed by atoms with Gasteiger partial charge in [0.1, 0.15) is 5.75 Å². The minimum Gasteiger partial charge on any atom is -0.482 e. The highest BCUT2D eigenvalue weighted by Gasteiger charge is 2.14. The van der Waals surface area contributed by atoms with Crippen molar-refractivity contribution in [1.82, 2.24) is 0 Å². The smallest absolute Gasteiger partial charge is 0.343 e. The highest BCUT2D eigenvalue weighted by molar-refractivity contribution is 6.00. The van der Waals surface area contributed by atoms with E-state index in [4.69, 9.17) is 4.74 Å². The highest BCUT2D eigenvalue weighted by Crippen LogP contribution is 2.23. The molecule has 1 N–H and O–H groups in total. The van der Waals surface area contributed by atoms with E-state index in [1.54, 1.807) is 24.3 Å². The summed E-state index contributed by atoms with van der Waals surface area (Å²) in [7, 11) is 1.29. The molecule has 0 aliphatic heterocycles. The molecule has 0 unspecified atom stereocenters. The van der Waals surface area contributed by atoms with Crippen molar-refractivity contribution in [3.05, 3.63) is 59.2 Å². The molecular weight excluding hydrogens is 370 g/mol. The first-order valence-corrected chi connectivity index (χ1v) is 9.79. The van der Waals surface area contributed by atoms with Gasteiger partial charge in [-0.25, -0.2) is 4.79 Å². The SMILES string of the molecule is COC(=O)COc1ccc(NC(=O)CCC(=O)c2ccc3c(c2)CCCC3)cc1. The van der Waals surface area contributed by atoms with E-state index in [9.17, 15) is 14.4 Å². The standard InChI is InChI=1S/C23H25NO5/c1-28-23(27)15-29-20-10-8-19(9-11-20)24-22(26)13-12-21(25)18-7-6-16-4-2-3-5-17(16)14-18/h6-11,14H,2-5,12-13,15H2,1H3,(H,24,26). The molecule has 152 valence electrons. The first-order valence-electron chi connectivity index (χ1n) is 9.79. The second-order valence-electron chi connectivity index (χ2n) is 7.05. The summed E-state index contributed by atoms with van der Waals surface area (Å²) in [6, 6.07) is 12.6. The molecule has 1 aliphatic rings. The Bertz CT molecular complexity index is 889. The van der Waals surface area contributed by atoms with Gasteiger partial charge in [0.25, 0.3) is 0 Å². The maximum Gasteiger partial charge on any atom is 0.343 e. The number of ether oxygens (including phenoxy) is 2. The molecule has 6 heteroatoms. The molecule has 0 aromatic heterocycles. The number of carbonyl (C=O) groups is 3. The first kappa shape index (κ1) is 20.6. The Morgan fingerprint density at radius 1 is 0.931 bits per heavy atom. The van der Waals surface area contributed by atoms with Crippen LogP contribution in [-0.2, 0) is 27.2 Å². The Morgan fingerprint density at radius 3 is 2.38 bits per heavy atom. The van der Waals surface area contributed by atoms with Crippen molar-refractivity contribution < 1.29 is 23.9 Å². The van der Waals surface area contributed by atoms with Crippen LogP contribution in [0, 0.1) is 0 Å². The number of methoxy groups -OCH3 is 1. The minimum absolute atomic E-state index is 0.0138. The predicted octanol–water partition coefficient (Wildman–Crippen LogP) is 3.72. The lowest BCUT2D eigenvalue weighted by molar-refractivity contribution is -0.142. The normalized spacial score (nSPS) is 12.6. The van der Waals surface area contributed by atoms with Crippen LogP contribution < -0.4 is 10.1 Å². The molecule has 0 radical (unpaired) electrons. The van der Waals surface area contributed by atoms with Crippen molar-refractivity contribution in [2.75, 3.05) is 19.0 Å². The summed E-state index contributed by atoms with van der Waals surface area (Å²) in [5.74, 6) is -0.207. The number of nitrogens with one attached hydrogen (secondary N) is 1. The first-order chi connectivity index (χ1) is 14.0. The van der Waals surface area contributed by atoms with Crippen LogP contribution in [0.15, 0.2) is 42.5 Å². The van der Waals surface area contributed by atoms with Crippen LogP contribution in [-0.4, -0.2) is 31.4 Å². The number of amides is 1. The van der Waals surface area contributed by atoms with E-state index < -0.39 is 5.97 Å². The third kappa shape index (κ3) is 5.91. The van der Waals surface area contributed by atoms with Crippen molar-refractivity contribution in [3.8, 4) is 5.75 Å².